The summed E-state index contributed by atoms with van der Waals surface area (Å²) in [6, 6.07) is 0. The molecule has 1 radical (unpaired) electrons. The first-order valence-electron chi connectivity index (χ1n) is 5.98. The Kier molecular flexibility index (Phi) is 5.73. The molecule has 1 nitrogen and oxygen atoms in total. The molecule has 85 valence electrons. The molecule has 0 aromatic rings. The van der Waals surface area contributed by atoms with Crippen molar-refractivity contribution >= 4 is 0 Å². The van der Waals surface area contributed by atoms with Gasteiger partial charge in [0.2, 0.25) is 0 Å². The summed E-state index contributed by atoms with van der Waals surface area (Å²) in [5, 5.41) is 9.84. The summed E-state index contributed by atoms with van der Waals surface area (Å²) in [6.45, 7) is 16.9. The Morgan fingerprint density at radius 2 is 1.14 bits per heavy atom. The molecule has 0 aromatic heterocycles. The molecule has 1 fully saturated rings. The Balaban J connectivity index is 0.000000791. The summed E-state index contributed by atoms with van der Waals surface area (Å²) >= 11 is 0. The SMILES string of the molecule is CC.[CH2]C1C(C)C(C)C(C)C(C)C1O. The molecular weight excluding hydrogens is 172 g/mol. The van der Waals surface area contributed by atoms with Gasteiger partial charge >= 0.3 is 0 Å². The molecule has 1 aliphatic rings. The van der Waals surface area contributed by atoms with Crippen molar-refractivity contribution < 1.29 is 5.11 Å². The summed E-state index contributed by atoms with van der Waals surface area (Å²) in [5.41, 5.74) is 0. The lowest BCUT2D eigenvalue weighted by molar-refractivity contribution is -0.0414. The molecule has 0 heterocycles. The van der Waals surface area contributed by atoms with Crippen molar-refractivity contribution in [3.63, 3.8) is 0 Å². The van der Waals surface area contributed by atoms with Crippen molar-refractivity contribution in [1.82, 2.24) is 0 Å². The fraction of sp³-hybridized carbons (Fsp3) is 0.923. The molecule has 14 heavy (non-hydrogen) atoms. The van der Waals surface area contributed by atoms with Crippen molar-refractivity contribution in [3.05, 3.63) is 6.92 Å². The summed E-state index contributed by atoms with van der Waals surface area (Å²) in [6.07, 6.45) is -0.203. The van der Waals surface area contributed by atoms with Crippen LogP contribution in [0.2, 0.25) is 0 Å². The highest BCUT2D eigenvalue weighted by Gasteiger charge is 2.39. The van der Waals surface area contributed by atoms with Gasteiger partial charge in [-0.25, -0.2) is 0 Å². The van der Waals surface area contributed by atoms with Gasteiger partial charge in [-0.1, -0.05) is 41.5 Å². The quantitative estimate of drug-likeness (QED) is 0.634. The maximum Gasteiger partial charge on any atom is 0.0599 e. The van der Waals surface area contributed by atoms with E-state index in [1.807, 2.05) is 13.8 Å². The molecule has 0 saturated heterocycles. The zero-order chi connectivity index (χ0) is 11.5. The van der Waals surface area contributed by atoms with E-state index in [0.29, 0.717) is 23.7 Å². The van der Waals surface area contributed by atoms with Crippen LogP contribution in [0.1, 0.15) is 41.5 Å². The van der Waals surface area contributed by atoms with Crippen LogP contribution >= 0.6 is 0 Å². The summed E-state index contributed by atoms with van der Waals surface area (Å²) in [5.74, 6) is 2.47. The molecule has 0 amide bonds. The Morgan fingerprint density at radius 1 is 0.786 bits per heavy atom. The molecule has 6 atom stereocenters. The molecule has 1 heteroatoms. The molecule has 0 bridgehead atoms. The van der Waals surface area contributed by atoms with E-state index in [9.17, 15) is 5.11 Å². The minimum atomic E-state index is -0.203. The first-order chi connectivity index (χ1) is 6.46. The smallest absolute Gasteiger partial charge is 0.0599 e. The second-order valence-electron chi connectivity index (χ2n) is 4.59. The van der Waals surface area contributed by atoms with E-state index >= 15 is 0 Å². The lowest BCUT2D eigenvalue weighted by Crippen LogP contribution is -2.44. The highest BCUT2D eigenvalue weighted by Crippen LogP contribution is 2.41. The van der Waals surface area contributed by atoms with Crippen LogP contribution in [0.25, 0.3) is 0 Å². The third kappa shape index (κ3) is 2.50. The van der Waals surface area contributed by atoms with Crippen LogP contribution in [0.5, 0.6) is 0 Å². The minimum Gasteiger partial charge on any atom is -0.393 e. The van der Waals surface area contributed by atoms with E-state index in [4.69, 9.17) is 0 Å². The second kappa shape index (κ2) is 5.75. The summed E-state index contributed by atoms with van der Waals surface area (Å²) in [7, 11) is 0. The van der Waals surface area contributed by atoms with E-state index in [-0.39, 0.29) is 12.0 Å². The molecule has 0 aromatic carbocycles. The monoisotopic (exact) mass is 199 g/mol. The lowest BCUT2D eigenvalue weighted by Gasteiger charge is -2.44. The van der Waals surface area contributed by atoms with Crippen molar-refractivity contribution in [3.8, 4) is 0 Å². The molecule has 0 aliphatic heterocycles. The van der Waals surface area contributed by atoms with Crippen molar-refractivity contribution in [2.75, 3.05) is 0 Å². The molecule has 1 saturated carbocycles. The van der Waals surface area contributed by atoms with Gasteiger partial charge in [-0.15, -0.1) is 0 Å². The van der Waals surface area contributed by atoms with Crippen molar-refractivity contribution in [1.29, 1.82) is 0 Å². The third-order valence-electron chi connectivity index (χ3n) is 4.14. The Bertz CT molecular complexity index is 96.8. The van der Waals surface area contributed by atoms with Crippen LogP contribution in [0.4, 0.5) is 0 Å². The maximum absolute atomic E-state index is 9.84. The number of rotatable bonds is 0. The highest BCUT2D eigenvalue weighted by atomic mass is 16.3. The molecule has 0 spiro atoms. The van der Waals surface area contributed by atoms with Crippen LogP contribution < -0.4 is 0 Å². The van der Waals surface area contributed by atoms with Crippen molar-refractivity contribution in [2.45, 2.75) is 47.6 Å². The topological polar surface area (TPSA) is 20.2 Å². The summed E-state index contributed by atoms with van der Waals surface area (Å²) in [4.78, 5) is 0. The van der Waals surface area contributed by atoms with Gasteiger partial charge in [-0.05, 0) is 36.5 Å². The maximum atomic E-state index is 9.84. The van der Waals surface area contributed by atoms with E-state index in [1.54, 1.807) is 0 Å². The standard InChI is InChI=1S/C11H21O.C2H6/c1-6-7(2)9(4)11(12)10(5)8(6)3;1-2/h6-12H,4H2,1-3,5H3;1-2H3. The van der Waals surface area contributed by atoms with E-state index in [1.165, 1.54) is 0 Å². The third-order valence-corrected chi connectivity index (χ3v) is 4.14. The average molecular weight is 199 g/mol. The molecule has 1 aliphatic carbocycles. The van der Waals surface area contributed by atoms with Crippen LogP contribution in [0.15, 0.2) is 0 Å². The van der Waals surface area contributed by atoms with Gasteiger partial charge in [0.1, 0.15) is 0 Å². The zero-order valence-electron chi connectivity index (χ0n) is 10.6. The second-order valence-corrected chi connectivity index (χ2v) is 4.59. The van der Waals surface area contributed by atoms with E-state index in [0.717, 1.165) is 0 Å². The number of hydrogen-bond donors (Lipinski definition) is 1. The number of aliphatic hydroxyl groups is 1. The number of aliphatic hydroxyl groups excluding tert-OH is 1. The molecule has 6 unspecified atom stereocenters. The van der Waals surface area contributed by atoms with Crippen LogP contribution in [0, 0.1) is 36.5 Å². The van der Waals surface area contributed by atoms with Crippen LogP contribution in [0.3, 0.4) is 0 Å². The lowest BCUT2D eigenvalue weighted by atomic mass is 9.63. The Morgan fingerprint density at radius 3 is 1.57 bits per heavy atom. The van der Waals surface area contributed by atoms with Gasteiger partial charge < -0.3 is 5.11 Å². The average Bonchev–Trinajstić information content (AvgIpc) is 2.24. The Hall–Kier alpha value is -0.0400. The van der Waals surface area contributed by atoms with Gasteiger partial charge in [-0.2, -0.15) is 0 Å². The molecule has 1 N–H and O–H groups in total. The van der Waals surface area contributed by atoms with Crippen LogP contribution in [-0.4, -0.2) is 11.2 Å². The minimum absolute atomic E-state index is 0.203. The van der Waals surface area contributed by atoms with Gasteiger partial charge in [0.15, 0.2) is 0 Å². The van der Waals surface area contributed by atoms with E-state index in [2.05, 4.69) is 34.6 Å². The number of hydrogen-bond acceptors (Lipinski definition) is 1. The largest absolute Gasteiger partial charge is 0.393 e. The van der Waals surface area contributed by atoms with Gasteiger partial charge in [-0.3, -0.25) is 0 Å². The summed E-state index contributed by atoms with van der Waals surface area (Å²) < 4.78 is 0. The van der Waals surface area contributed by atoms with Gasteiger partial charge in [0.05, 0.1) is 6.10 Å². The highest BCUT2D eigenvalue weighted by molar-refractivity contribution is 4.91. The Labute approximate surface area is 89.9 Å². The van der Waals surface area contributed by atoms with E-state index < -0.39 is 0 Å². The zero-order valence-corrected chi connectivity index (χ0v) is 10.6. The first-order valence-corrected chi connectivity index (χ1v) is 5.98. The fourth-order valence-corrected chi connectivity index (χ4v) is 2.36. The van der Waals surface area contributed by atoms with Crippen LogP contribution in [-0.2, 0) is 0 Å². The fourth-order valence-electron chi connectivity index (χ4n) is 2.36. The normalized spacial score (nSPS) is 48.0. The van der Waals surface area contributed by atoms with Crippen molar-refractivity contribution in [2.24, 2.45) is 29.6 Å². The predicted molar refractivity (Wildman–Crippen MR) is 62.9 cm³/mol. The predicted octanol–water partition coefficient (Wildman–Crippen LogP) is 3.38. The first kappa shape index (κ1) is 14.0. The molecular formula is C13H27O. The van der Waals surface area contributed by atoms with Gasteiger partial charge in [0.25, 0.3) is 0 Å². The molecule has 1 rings (SSSR count). The van der Waals surface area contributed by atoms with Gasteiger partial charge in [0, 0.05) is 0 Å².